The van der Waals surface area contributed by atoms with Crippen LogP contribution in [-0.2, 0) is 11.2 Å². The van der Waals surface area contributed by atoms with Crippen molar-refractivity contribution in [1.29, 1.82) is 0 Å². The van der Waals surface area contributed by atoms with E-state index in [0.29, 0.717) is 5.92 Å². The number of nitrogens with zero attached hydrogens (tertiary/aromatic N) is 4. The molecule has 1 N–H and O–H groups in total. The van der Waals surface area contributed by atoms with Crippen LogP contribution in [-0.4, -0.2) is 47.3 Å². The molecule has 2 atom stereocenters. The Morgan fingerprint density at radius 3 is 2.73 bits per heavy atom. The Balaban J connectivity index is 1.46. The molecule has 2 unspecified atom stereocenters. The van der Waals surface area contributed by atoms with Crippen LogP contribution in [0.3, 0.4) is 0 Å². The Kier molecular flexibility index (Phi) is 5.29. The fourth-order valence-corrected chi connectivity index (χ4v) is 3.83. The zero-order valence-corrected chi connectivity index (χ0v) is 15.4. The van der Waals surface area contributed by atoms with Crippen LogP contribution in [0.2, 0.25) is 0 Å². The Labute approximate surface area is 155 Å². The van der Waals surface area contributed by atoms with E-state index in [1.807, 2.05) is 25.4 Å². The van der Waals surface area contributed by atoms with Crippen molar-refractivity contribution in [2.24, 2.45) is 5.92 Å². The summed E-state index contributed by atoms with van der Waals surface area (Å²) in [7, 11) is 0. The molecule has 0 spiro atoms. The van der Waals surface area contributed by atoms with Gasteiger partial charge in [-0.15, -0.1) is 0 Å². The summed E-state index contributed by atoms with van der Waals surface area (Å²) >= 11 is 0. The first-order chi connectivity index (χ1) is 12.8. The molecule has 138 valence electrons. The highest BCUT2D eigenvalue weighted by Crippen LogP contribution is 2.24. The molecule has 26 heavy (non-hydrogen) atoms. The molecule has 0 radical (unpaired) electrons. The van der Waals surface area contributed by atoms with Crippen LogP contribution < -0.4 is 10.2 Å². The molecule has 0 saturated carbocycles. The topological polar surface area (TPSA) is 63.2 Å². The van der Waals surface area contributed by atoms with Gasteiger partial charge in [0.15, 0.2) is 0 Å². The fourth-order valence-electron chi connectivity index (χ4n) is 3.83. The summed E-state index contributed by atoms with van der Waals surface area (Å²) in [6.45, 7) is 5.65. The van der Waals surface area contributed by atoms with Crippen molar-refractivity contribution >= 4 is 11.8 Å². The summed E-state index contributed by atoms with van der Waals surface area (Å²) < 4.78 is 5.76. The van der Waals surface area contributed by atoms with E-state index in [1.165, 1.54) is 24.8 Å². The van der Waals surface area contributed by atoms with Crippen molar-refractivity contribution in [3.63, 3.8) is 0 Å². The lowest BCUT2D eigenvalue weighted by atomic mass is 9.95. The zero-order valence-electron chi connectivity index (χ0n) is 15.4. The fraction of sp³-hybridized carbons (Fsp3) is 0.550. The molecule has 0 aliphatic carbocycles. The first-order valence-electron chi connectivity index (χ1n) is 9.62. The molecule has 0 aromatic carbocycles. The largest absolute Gasteiger partial charge is 0.379 e. The molecule has 4 rings (SSSR count). The molecular weight excluding hydrogens is 326 g/mol. The third kappa shape index (κ3) is 4.12. The van der Waals surface area contributed by atoms with Gasteiger partial charge in [0, 0.05) is 43.2 Å². The SMILES string of the molecule is Cc1cc(NC2COCC2Cc2ccncc2)nc(N2CCCCC2)n1. The first kappa shape index (κ1) is 17.2. The predicted octanol–water partition coefficient (Wildman–Crippen LogP) is 2.84. The van der Waals surface area contributed by atoms with Gasteiger partial charge < -0.3 is 15.0 Å². The normalized spacial score (nSPS) is 23.2. The van der Waals surface area contributed by atoms with E-state index >= 15 is 0 Å². The van der Waals surface area contributed by atoms with Gasteiger partial charge in [-0.2, -0.15) is 4.98 Å². The smallest absolute Gasteiger partial charge is 0.227 e. The number of ether oxygens (including phenoxy) is 1. The minimum Gasteiger partial charge on any atom is -0.379 e. The van der Waals surface area contributed by atoms with E-state index in [1.54, 1.807) is 0 Å². The van der Waals surface area contributed by atoms with Gasteiger partial charge in [0.1, 0.15) is 5.82 Å². The van der Waals surface area contributed by atoms with Gasteiger partial charge in [-0.25, -0.2) is 4.98 Å². The number of hydrogen-bond acceptors (Lipinski definition) is 6. The quantitative estimate of drug-likeness (QED) is 0.892. The van der Waals surface area contributed by atoms with Gasteiger partial charge in [0.05, 0.1) is 19.3 Å². The summed E-state index contributed by atoms with van der Waals surface area (Å²) in [6, 6.07) is 6.47. The molecule has 4 heterocycles. The van der Waals surface area contributed by atoms with Crippen LogP contribution >= 0.6 is 0 Å². The highest BCUT2D eigenvalue weighted by Gasteiger charge is 2.29. The van der Waals surface area contributed by atoms with Gasteiger partial charge >= 0.3 is 0 Å². The molecular formula is C20H27N5O. The van der Waals surface area contributed by atoms with Crippen LogP contribution in [0.4, 0.5) is 11.8 Å². The lowest BCUT2D eigenvalue weighted by molar-refractivity contribution is 0.185. The molecule has 2 fully saturated rings. The van der Waals surface area contributed by atoms with Crippen LogP contribution in [0.5, 0.6) is 0 Å². The molecule has 6 heteroatoms. The highest BCUT2D eigenvalue weighted by molar-refractivity contribution is 5.45. The third-order valence-corrected chi connectivity index (χ3v) is 5.26. The maximum absolute atomic E-state index is 5.76. The minimum absolute atomic E-state index is 0.270. The average Bonchev–Trinajstić information content (AvgIpc) is 3.09. The van der Waals surface area contributed by atoms with E-state index in [0.717, 1.165) is 50.2 Å². The second-order valence-electron chi connectivity index (χ2n) is 7.35. The van der Waals surface area contributed by atoms with Crippen LogP contribution in [0.15, 0.2) is 30.6 Å². The minimum atomic E-state index is 0.270. The third-order valence-electron chi connectivity index (χ3n) is 5.26. The lowest BCUT2D eigenvalue weighted by Crippen LogP contribution is -2.32. The summed E-state index contributed by atoms with van der Waals surface area (Å²) in [5, 5.41) is 3.61. The van der Waals surface area contributed by atoms with Gasteiger partial charge in [0.25, 0.3) is 0 Å². The van der Waals surface area contributed by atoms with E-state index in [4.69, 9.17) is 9.72 Å². The molecule has 2 saturated heterocycles. The van der Waals surface area contributed by atoms with Crippen molar-refractivity contribution < 1.29 is 4.74 Å². The Hall–Kier alpha value is -2.21. The van der Waals surface area contributed by atoms with Gasteiger partial charge in [-0.1, -0.05) is 0 Å². The summed E-state index contributed by atoms with van der Waals surface area (Å²) in [5.41, 5.74) is 2.31. The summed E-state index contributed by atoms with van der Waals surface area (Å²) in [4.78, 5) is 15.9. The number of piperidine rings is 1. The number of anilines is 2. The van der Waals surface area contributed by atoms with E-state index in [2.05, 4.69) is 32.3 Å². The van der Waals surface area contributed by atoms with Crippen LogP contribution in [0.1, 0.15) is 30.5 Å². The number of rotatable bonds is 5. The number of hydrogen-bond donors (Lipinski definition) is 1. The van der Waals surface area contributed by atoms with Gasteiger partial charge in [-0.3, -0.25) is 4.98 Å². The van der Waals surface area contributed by atoms with Crippen molar-refractivity contribution in [2.45, 2.75) is 38.6 Å². The maximum Gasteiger partial charge on any atom is 0.227 e. The number of pyridine rings is 1. The van der Waals surface area contributed by atoms with E-state index < -0.39 is 0 Å². The Bertz CT molecular complexity index is 717. The second-order valence-corrected chi connectivity index (χ2v) is 7.35. The van der Waals surface area contributed by atoms with Crippen LogP contribution in [0, 0.1) is 12.8 Å². The molecule has 2 aliphatic rings. The standard InChI is InChI=1S/C20H27N5O/c1-15-11-19(24-20(22-15)25-9-3-2-4-10-25)23-18-14-26-13-17(18)12-16-5-7-21-8-6-16/h5-8,11,17-18H,2-4,9-10,12-14H2,1H3,(H,22,23,24). The summed E-state index contributed by atoms with van der Waals surface area (Å²) in [5.74, 6) is 2.20. The predicted molar refractivity (Wildman–Crippen MR) is 102 cm³/mol. The summed E-state index contributed by atoms with van der Waals surface area (Å²) in [6.07, 6.45) is 8.46. The molecule has 6 nitrogen and oxygen atoms in total. The Morgan fingerprint density at radius 1 is 1.12 bits per heavy atom. The molecule has 0 amide bonds. The van der Waals surface area contributed by atoms with Crippen molar-refractivity contribution in [1.82, 2.24) is 15.0 Å². The maximum atomic E-state index is 5.76. The molecule has 2 aliphatic heterocycles. The molecule has 2 aromatic heterocycles. The highest BCUT2D eigenvalue weighted by atomic mass is 16.5. The Morgan fingerprint density at radius 2 is 1.92 bits per heavy atom. The second kappa shape index (κ2) is 7.99. The van der Waals surface area contributed by atoms with Gasteiger partial charge in [-0.05, 0) is 50.3 Å². The van der Waals surface area contributed by atoms with Crippen molar-refractivity contribution in [3.05, 3.63) is 41.9 Å². The van der Waals surface area contributed by atoms with Crippen molar-refractivity contribution in [2.75, 3.05) is 36.5 Å². The number of aryl methyl sites for hydroxylation is 1. The lowest BCUT2D eigenvalue weighted by Gasteiger charge is -2.27. The van der Waals surface area contributed by atoms with Crippen LogP contribution in [0.25, 0.3) is 0 Å². The first-order valence-corrected chi connectivity index (χ1v) is 9.62. The van der Waals surface area contributed by atoms with Gasteiger partial charge in [0.2, 0.25) is 5.95 Å². The number of aromatic nitrogens is 3. The van der Waals surface area contributed by atoms with E-state index in [-0.39, 0.29) is 6.04 Å². The molecule has 2 aromatic rings. The monoisotopic (exact) mass is 353 g/mol. The van der Waals surface area contributed by atoms with E-state index in [9.17, 15) is 0 Å². The zero-order chi connectivity index (χ0) is 17.8. The molecule has 0 bridgehead atoms. The number of nitrogens with one attached hydrogen (secondary N) is 1. The van der Waals surface area contributed by atoms with Crippen molar-refractivity contribution in [3.8, 4) is 0 Å². The average molecular weight is 353 g/mol.